The number of nitrogens with two attached hydrogens (primary N) is 1. The molecule has 1 saturated heterocycles. The summed E-state index contributed by atoms with van der Waals surface area (Å²) in [6.07, 6.45) is -1.58. The lowest BCUT2D eigenvalue weighted by atomic mass is 9.78. The quantitative estimate of drug-likeness (QED) is 0.650. The van der Waals surface area contributed by atoms with E-state index in [-0.39, 0.29) is 23.2 Å². The van der Waals surface area contributed by atoms with Crippen LogP contribution in [-0.4, -0.2) is 35.5 Å². The molecule has 11 heteroatoms. The first-order chi connectivity index (χ1) is 15.6. The Labute approximate surface area is 187 Å². The largest absolute Gasteiger partial charge is 0.573 e. The summed E-state index contributed by atoms with van der Waals surface area (Å²) in [7, 11) is 0. The SMILES string of the molecule is Cc1ncccc1N1C[C@]2(CC[C@@H](C(=O)Nc3ccc(OC(F)(F)F)cc3N)CC2)OC1=O. The number of amides is 2. The van der Waals surface area contributed by atoms with Gasteiger partial charge >= 0.3 is 12.5 Å². The number of ether oxygens (including phenoxy) is 2. The van der Waals surface area contributed by atoms with Crippen LogP contribution in [0, 0.1) is 12.8 Å². The third-order valence-corrected chi connectivity index (χ3v) is 6.02. The molecule has 4 rings (SSSR count). The fraction of sp³-hybridized carbons (Fsp3) is 0.409. The van der Waals surface area contributed by atoms with Gasteiger partial charge in [-0.15, -0.1) is 13.2 Å². The van der Waals surface area contributed by atoms with Gasteiger partial charge in [0, 0.05) is 18.2 Å². The molecule has 1 saturated carbocycles. The van der Waals surface area contributed by atoms with E-state index in [4.69, 9.17) is 10.5 Å². The van der Waals surface area contributed by atoms with Gasteiger partial charge in [0.2, 0.25) is 5.91 Å². The molecule has 176 valence electrons. The van der Waals surface area contributed by atoms with Crippen molar-refractivity contribution in [2.24, 2.45) is 5.92 Å². The highest BCUT2D eigenvalue weighted by Crippen LogP contribution is 2.41. The van der Waals surface area contributed by atoms with E-state index in [1.54, 1.807) is 17.2 Å². The smallest absolute Gasteiger partial charge is 0.441 e. The van der Waals surface area contributed by atoms with E-state index in [0.29, 0.717) is 37.9 Å². The highest BCUT2D eigenvalue weighted by atomic mass is 19.4. The molecule has 0 unspecified atom stereocenters. The van der Waals surface area contributed by atoms with Crippen molar-refractivity contribution < 1.29 is 32.2 Å². The molecule has 33 heavy (non-hydrogen) atoms. The standard InChI is InChI=1S/C22H23F3N4O4/c1-13-18(3-2-10-27-13)29-12-21(33-20(29)31)8-6-14(7-9-21)19(30)28-17-5-4-15(11-16(17)26)32-22(23,24)25/h2-5,10-11,14H,6-9,12,26H2,1H3,(H,28,30)/t14-,21-. The van der Waals surface area contributed by atoms with Crippen LogP contribution in [0.5, 0.6) is 5.75 Å². The summed E-state index contributed by atoms with van der Waals surface area (Å²) in [4.78, 5) is 31.0. The second kappa shape index (κ2) is 8.45. The van der Waals surface area contributed by atoms with Crippen LogP contribution in [0.25, 0.3) is 0 Å². The molecule has 2 aromatic rings. The lowest BCUT2D eigenvalue weighted by Gasteiger charge is -2.34. The maximum Gasteiger partial charge on any atom is 0.573 e. The Kier molecular flexibility index (Phi) is 5.81. The van der Waals surface area contributed by atoms with E-state index in [9.17, 15) is 22.8 Å². The average Bonchev–Trinajstić information content (AvgIpc) is 3.05. The van der Waals surface area contributed by atoms with Crippen LogP contribution in [0.1, 0.15) is 31.4 Å². The monoisotopic (exact) mass is 464 g/mol. The number of nitrogens with zero attached hydrogens (tertiary/aromatic N) is 2. The second-order valence-corrected chi connectivity index (χ2v) is 8.31. The Morgan fingerprint density at radius 2 is 2.03 bits per heavy atom. The van der Waals surface area contributed by atoms with Gasteiger partial charge in [-0.1, -0.05) is 0 Å². The molecule has 2 heterocycles. The number of aryl methyl sites for hydroxylation is 1. The maximum absolute atomic E-state index is 12.7. The predicted octanol–water partition coefficient (Wildman–Crippen LogP) is 4.40. The van der Waals surface area contributed by atoms with Crippen LogP contribution in [0.3, 0.4) is 0 Å². The predicted molar refractivity (Wildman–Crippen MR) is 114 cm³/mol. The van der Waals surface area contributed by atoms with E-state index in [1.165, 1.54) is 6.07 Å². The Balaban J connectivity index is 1.36. The molecule has 0 bridgehead atoms. The number of rotatable bonds is 4. The third kappa shape index (κ3) is 4.96. The van der Waals surface area contributed by atoms with E-state index in [0.717, 1.165) is 17.8 Å². The van der Waals surface area contributed by atoms with E-state index in [1.807, 2.05) is 13.0 Å². The van der Waals surface area contributed by atoms with Gasteiger partial charge in [0.25, 0.3) is 0 Å². The van der Waals surface area contributed by atoms with E-state index < -0.39 is 23.8 Å². The summed E-state index contributed by atoms with van der Waals surface area (Å²) in [5.41, 5.74) is 6.72. The summed E-state index contributed by atoms with van der Waals surface area (Å²) in [6.45, 7) is 2.21. The number of hydrogen-bond acceptors (Lipinski definition) is 6. The van der Waals surface area contributed by atoms with Gasteiger partial charge in [-0.3, -0.25) is 14.7 Å². The number of benzene rings is 1. The Morgan fingerprint density at radius 1 is 1.30 bits per heavy atom. The minimum Gasteiger partial charge on any atom is -0.441 e. The number of carbonyl (C=O) groups excluding carboxylic acids is 2. The number of aromatic nitrogens is 1. The number of nitrogens with one attached hydrogen (secondary N) is 1. The van der Waals surface area contributed by atoms with Crippen molar-refractivity contribution >= 4 is 29.1 Å². The zero-order valence-corrected chi connectivity index (χ0v) is 17.8. The molecule has 1 spiro atoms. The molecule has 1 aliphatic carbocycles. The normalized spacial score (nSPS) is 22.8. The highest BCUT2D eigenvalue weighted by molar-refractivity contribution is 5.95. The fourth-order valence-electron chi connectivity index (χ4n) is 4.32. The molecule has 1 aromatic carbocycles. The molecule has 2 aliphatic rings. The topological polar surface area (TPSA) is 107 Å². The van der Waals surface area contributed by atoms with Crippen molar-refractivity contribution in [1.82, 2.24) is 4.98 Å². The Hall–Kier alpha value is -3.50. The first-order valence-electron chi connectivity index (χ1n) is 10.4. The Morgan fingerprint density at radius 3 is 2.67 bits per heavy atom. The summed E-state index contributed by atoms with van der Waals surface area (Å²) in [5.74, 6) is -1.09. The first-order valence-corrected chi connectivity index (χ1v) is 10.4. The maximum atomic E-state index is 12.7. The van der Waals surface area contributed by atoms with Crippen molar-refractivity contribution in [3.8, 4) is 5.75 Å². The van der Waals surface area contributed by atoms with Crippen LogP contribution in [0.4, 0.5) is 35.0 Å². The van der Waals surface area contributed by atoms with E-state index in [2.05, 4.69) is 15.0 Å². The zero-order valence-electron chi connectivity index (χ0n) is 17.8. The summed E-state index contributed by atoms with van der Waals surface area (Å²) >= 11 is 0. The van der Waals surface area contributed by atoms with Gasteiger partial charge in [0.1, 0.15) is 11.4 Å². The molecular weight excluding hydrogens is 441 g/mol. The fourth-order valence-corrected chi connectivity index (χ4v) is 4.32. The number of nitrogen functional groups attached to an aromatic ring is 1. The minimum absolute atomic E-state index is 0.0374. The number of alkyl halides is 3. The van der Waals surface area contributed by atoms with Gasteiger partial charge in [-0.05, 0) is 56.9 Å². The summed E-state index contributed by atoms with van der Waals surface area (Å²) in [6, 6.07) is 6.94. The molecule has 0 atom stereocenters. The van der Waals surface area contributed by atoms with Crippen molar-refractivity contribution in [3.63, 3.8) is 0 Å². The van der Waals surface area contributed by atoms with Crippen molar-refractivity contribution in [3.05, 3.63) is 42.2 Å². The number of anilines is 3. The number of hydrogen-bond donors (Lipinski definition) is 2. The van der Waals surface area contributed by atoms with Crippen LogP contribution >= 0.6 is 0 Å². The van der Waals surface area contributed by atoms with Gasteiger partial charge in [-0.2, -0.15) is 0 Å². The highest BCUT2D eigenvalue weighted by Gasteiger charge is 2.48. The zero-order chi connectivity index (χ0) is 23.8. The lowest BCUT2D eigenvalue weighted by Crippen LogP contribution is -2.41. The molecule has 2 amide bonds. The number of carbonyl (C=O) groups is 2. The Bertz CT molecular complexity index is 1070. The molecular formula is C22H23F3N4O4. The lowest BCUT2D eigenvalue weighted by molar-refractivity contribution is -0.274. The molecule has 1 aromatic heterocycles. The van der Waals surface area contributed by atoms with Crippen LogP contribution < -0.4 is 20.7 Å². The molecule has 2 fully saturated rings. The second-order valence-electron chi connectivity index (χ2n) is 8.31. The van der Waals surface area contributed by atoms with Crippen molar-refractivity contribution in [2.75, 3.05) is 22.5 Å². The summed E-state index contributed by atoms with van der Waals surface area (Å²) < 4.78 is 46.6. The molecule has 3 N–H and O–H groups in total. The van der Waals surface area contributed by atoms with Gasteiger partial charge in [0.15, 0.2) is 0 Å². The molecule has 1 aliphatic heterocycles. The van der Waals surface area contributed by atoms with Gasteiger partial charge in [-0.25, -0.2) is 4.79 Å². The number of halogens is 3. The average molecular weight is 464 g/mol. The van der Waals surface area contributed by atoms with Crippen molar-refractivity contribution in [2.45, 2.75) is 44.6 Å². The van der Waals surface area contributed by atoms with Crippen LogP contribution in [0.2, 0.25) is 0 Å². The van der Waals surface area contributed by atoms with Crippen LogP contribution in [0.15, 0.2) is 36.5 Å². The van der Waals surface area contributed by atoms with E-state index >= 15 is 0 Å². The molecule has 8 nitrogen and oxygen atoms in total. The third-order valence-electron chi connectivity index (χ3n) is 6.02. The van der Waals surface area contributed by atoms with Gasteiger partial charge < -0.3 is 20.5 Å². The number of pyridine rings is 1. The minimum atomic E-state index is -4.83. The molecule has 0 radical (unpaired) electrons. The first kappa shape index (κ1) is 22.7. The summed E-state index contributed by atoms with van der Waals surface area (Å²) in [5, 5.41) is 2.67. The van der Waals surface area contributed by atoms with Crippen molar-refractivity contribution in [1.29, 1.82) is 0 Å². The van der Waals surface area contributed by atoms with Crippen LogP contribution in [-0.2, 0) is 9.53 Å². The van der Waals surface area contributed by atoms with Gasteiger partial charge in [0.05, 0.1) is 29.3 Å².